The van der Waals surface area contributed by atoms with Crippen LogP contribution in [0.3, 0.4) is 0 Å². The molecule has 1 N–H and O–H groups in total. The maximum absolute atomic E-state index is 14.3. The van der Waals surface area contributed by atoms with Crippen molar-refractivity contribution < 1.29 is 14.2 Å². The van der Waals surface area contributed by atoms with Crippen molar-refractivity contribution in [2.45, 2.75) is 45.7 Å². The molecule has 2 unspecified atom stereocenters. The van der Waals surface area contributed by atoms with Crippen molar-refractivity contribution in [1.29, 1.82) is 0 Å². The van der Waals surface area contributed by atoms with Crippen LogP contribution in [0.15, 0.2) is 12.3 Å². The fourth-order valence-corrected chi connectivity index (χ4v) is 1.63. The fraction of sp³-hybridized carbons (Fsp3) is 0.583. The number of alkyl halides is 1. The Morgan fingerprint density at radius 2 is 2.12 bits per heavy atom. The number of pyridine rings is 1. The van der Waals surface area contributed by atoms with Gasteiger partial charge in [-0.2, -0.15) is 0 Å². The number of aryl methyl sites for hydroxylation is 1. The topological polar surface area (TPSA) is 42.4 Å². The van der Waals surface area contributed by atoms with E-state index in [2.05, 4.69) is 4.98 Å². The Morgan fingerprint density at radius 3 is 2.71 bits per heavy atom. The van der Waals surface area contributed by atoms with E-state index in [0.717, 1.165) is 5.56 Å². The van der Waals surface area contributed by atoms with Crippen molar-refractivity contribution in [2.75, 3.05) is 0 Å². The zero-order valence-electron chi connectivity index (χ0n) is 10.6. The Balaban J connectivity index is 0.000000686. The number of hydrogen-bond donors (Lipinski definition) is 1. The van der Waals surface area contributed by atoms with E-state index in [1.807, 2.05) is 13.8 Å². The van der Waals surface area contributed by atoms with Crippen LogP contribution < -0.4 is 0 Å². The Morgan fingerprint density at radius 1 is 1.53 bits per heavy atom. The molecule has 17 heavy (non-hydrogen) atoms. The summed E-state index contributed by atoms with van der Waals surface area (Å²) in [5.41, 5.74) is -2.87. The number of fused-ring (bicyclic) bond motifs is 1. The Bertz CT molecular complexity index is 407. The molecule has 0 saturated heterocycles. The van der Waals surface area contributed by atoms with Crippen LogP contribution in [0.2, 0.25) is 0 Å². The molecule has 1 aromatic heterocycles. The van der Waals surface area contributed by atoms with E-state index in [9.17, 15) is 9.50 Å². The molecule has 0 aliphatic carbocycles. The first-order valence-electron chi connectivity index (χ1n) is 5.65. The Labute approximate surface area is 102 Å². The largest absolute Gasteiger partial charge is 0.371 e. The molecular weight excluding hydrogens is 220 g/mol. The van der Waals surface area contributed by atoms with E-state index in [0.29, 0.717) is 11.3 Å². The molecule has 2 radical (unpaired) electrons. The van der Waals surface area contributed by atoms with Crippen molar-refractivity contribution in [3.63, 3.8) is 0 Å². The lowest BCUT2D eigenvalue weighted by Crippen LogP contribution is -2.53. The van der Waals surface area contributed by atoms with Gasteiger partial charge in [0, 0.05) is 11.8 Å². The molecule has 0 bridgehead atoms. The number of nitrogens with zero attached hydrogens (tertiary/aromatic N) is 1. The minimum absolute atomic E-state index is 0.0160. The molecule has 1 aliphatic rings. The summed E-state index contributed by atoms with van der Waals surface area (Å²) in [4.78, 5) is 4.05. The molecule has 3 nitrogen and oxygen atoms in total. The molecule has 2 rings (SSSR count). The average molecular weight is 237 g/mol. The van der Waals surface area contributed by atoms with Gasteiger partial charge in [0.2, 0.25) is 0 Å². The minimum atomic E-state index is -2.30. The molecule has 2 heterocycles. The number of aliphatic hydroxyl groups is 1. The summed E-state index contributed by atoms with van der Waals surface area (Å²) in [5, 5.41) is 9.59. The standard InChI is InChI=1S/C10H11BFNO2.C2H6/c1-6-3-7-8(13-4-6)5-15-10(11,14)9(7,2)12;1-2/h3-4,14H,5H2,1-2H3;1-2H3. The van der Waals surface area contributed by atoms with Gasteiger partial charge in [-0.05, 0) is 25.5 Å². The van der Waals surface area contributed by atoms with Gasteiger partial charge in [0.05, 0.1) is 12.3 Å². The maximum atomic E-state index is 14.3. The van der Waals surface area contributed by atoms with Gasteiger partial charge in [-0.3, -0.25) is 4.98 Å². The fourth-order valence-electron chi connectivity index (χ4n) is 1.63. The van der Waals surface area contributed by atoms with E-state index in [1.54, 1.807) is 19.2 Å². The van der Waals surface area contributed by atoms with Crippen LogP contribution in [0.1, 0.15) is 37.6 Å². The number of aromatic nitrogens is 1. The third kappa shape index (κ3) is 2.35. The van der Waals surface area contributed by atoms with Crippen molar-refractivity contribution in [3.05, 3.63) is 29.1 Å². The van der Waals surface area contributed by atoms with Crippen molar-refractivity contribution in [3.8, 4) is 0 Å². The SMILES string of the molecule is CC.[B]C1(O)OCc2ncc(C)cc2C1(C)F. The predicted molar refractivity (Wildman–Crippen MR) is 64.3 cm³/mol. The van der Waals surface area contributed by atoms with E-state index in [1.165, 1.54) is 6.92 Å². The zero-order valence-corrected chi connectivity index (χ0v) is 10.6. The second-order valence-electron chi connectivity index (χ2n) is 4.00. The highest BCUT2D eigenvalue weighted by Crippen LogP contribution is 2.41. The van der Waals surface area contributed by atoms with Crippen LogP contribution in [-0.2, 0) is 17.0 Å². The summed E-state index contributed by atoms with van der Waals surface area (Å²) in [6.45, 7) is 7.00. The molecule has 0 aromatic carbocycles. The zero-order chi connectivity index (χ0) is 13.3. The van der Waals surface area contributed by atoms with Crippen molar-refractivity contribution in [2.24, 2.45) is 0 Å². The Kier molecular flexibility index (Phi) is 3.94. The molecule has 1 aromatic rings. The highest BCUT2D eigenvalue weighted by Gasteiger charge is 2.50. The van der Waals surface area contributed by atoms with E-state index in [4.69, 9.17) is 12.6 Å². The van der Waals surface area contributed by atoms with Crippen LogP contribution >= 0.6 is 0 Å². The Hall–Kier alpha value is -0.935. The molecule has 0 fully saturated rings. The van der Waals surface area contributed by atoms with Gasteiger partial charge < -0.3 is 9.84 Å². The predicted octanol–water partition coefficient (Wildman–Crippen LogP) is 1.95. The molecule has 0 spiro atoms. The maximum Gasteiger partial charge on any atom is 0.178 e. The molecule has 2 atom stereocenters. The van der Waals surface area contributed by atoms with Crippen molar-refractivity contribution in [1.82, 2.24) is 4.98 Å². The van der Waals surface area contributed by atoms with Crippen LogP contribution in [0.5, 0.6) is 0 Å². The van der Waals surface area contributed by atoms with Gasteiger partial charge in [0.1, 0.15) is 0 Å². The van der Waals surface area contributed by atoms with Crippen molar-refractivity contribution >= 4 is 7.85 Å². The molecule has 5 heteroatoms. The van der Waals surface area contributed by atoms with Gasteiger partial charge in [0.15, 0.2) is 19.2 Å². The number of halogens is 1. The number of ether oxygens (including phenoxy) is 1. The first-order chi connectivity index (χ1) is 7.84. The third-order valence-corrected chi connectivity index (χ3v) is 2.71. The first-order valence-corrected chi connectivity index (χ1v) is 5.65. The second kappa shape index (κ2) is 4.74. The highest BCUT2D eigenvalue weighted by molar-refractivity contribution is 6.14. The lowest BCUT2D eigenvalue weighted by Gasteiger charge is -2.41. The molecule has 0 amide bonds. The third-order valence-electron chi connectivity index (χ3n) is 2.71. The smallest absolute Gasteiger partial charge is 0.178 e. The van der Waals surface area contributed by atoms with Gasteiger partial charge >= 0.3 is 0 Å². The van der Waals surface area contributed by atoms with Gasteiger partial charge in [-0.15, -0.1) is 0 Å². The summed E-state index contributed by atoms with van der Waals surface area (Å²) in [6, 6.07) is 1.63. The lowest BCUT2D eigenvalue weighted by molar-refractivity contribution is -0.236. The minimum Gasteiger partial charge on any atom is -0.371 e. The van der Waals surface area contributed by atoms with E-state index in [-0.39, 0.29) is 6.61 Å². The molecule has 92 valence electrons. The number of rotatable bonds is 0. The van der Waals surface area contributed by atoms with Crippen LogP contribution in [-0.4, -0.2) is 23.6 Å². The second-order valence-corrected chi connectivity index (χ2v) is 4.00. The van der Waals surface area contributed by atoms with Crippen LogP contribution in [0, 0.1) is 6.92 Å². The van der Waals surface area contributed by atoms with Crippen LogP contribution in [0.25, 0.3) is 0 Å². The van der Waals surface area contributed by atoms with E-state index < -0.39 is 11.4 Å². The van der Waals surface area contributed by atoms with Gasteiger partial charge in [0.25, 0.3) is 0 Å². The lowest BCUT2D eigenvalue weighted by atomic mass is 9.74. The van der Waals surface area contributed by atoms with Crippen LogP contribution in [0.4, 0.5) is 4.39 Å². The molecule has 1 aliphatic heterocycles. The molecule has 0 saturated carbocycles. The summed E-state index contributed by atoms with van der Waals surface area (Å²) in [7, 11) is 5.35. The summed E-state index contributed by atoms with van der Waals surface area (Å²) < 4.78 is 19.1. The van der Waals surface area contributed by atoms with Gasteiger partial charge in [-0.25, -0.2) is 4.39 Å². The monoisotopic (exact) mass is 237 g/mol. The first kappa shape index (κ1) is 14.1. The normalized spacial score (nSPS) is 31.2. The quantitative estimate of drug-likeness (QED) is 0.701. The van der Waals surface area contributed by atoms with E-state index >= 15 is 0 Å². The molecular formula is C12H17BFNO2. The highest BCUT2D eigenvalue weighted by atomic mass is 19.1. The summed E-state index contributed by atoms with van der Waals surface area (Å²) in [5.74, 6) is 0. The average Bonchev–Trinajstić information content (AvgIpc) is 2.28. The summed E-state index contributed by atoms with van der Waals surface area (Å²) >= 11 is 0. The number of hydrogen-bond acceptors (Lipinski definition) is 3. The summed E-state index contributed by atoms with van der Waals surface area (Å²) in [6.07, 6.45) is 1.62. The van der Waals surface area contributed by atoms with Gasteiger partial charge in [-0.1, -0.05) is 13.8 Å².